The molecule has 0 aliphatic rings. The summed E-state index contributed by atoms with van der Waals surface area (Å²) in [5.41, 5.74) is 1.12. The lowest BCUT2D eigenvalue weighted by atomic mass is 10.0. The summed E-state index contributed by atoms with van der Waals surface area (Å²) in [5.74, 6) is -0.936. The fourth-order valence-electron chi connectivity index (χ4n) is 1.99. The van der Waals surface area contributed by atoms with Crippen molar-refractivity contribution in [2.24, 2.45) is 5.92 Å². The molecule has 0 spiro atoms. The maximum Gasteiger partial charge on any atom is 0.306 e. The number of carboxylic acid groups (broad SMARTS) is 1. The van der Waals surface area contributed by atoms with E-state index in [4.69, 9.17) is 5.11 Å². The van der Waals surface area contributed by atoms with E-state index in [9.17, 15) is 4.79 Å². The van der Waals surface area contributed by atoms with Crippen molar-refractivity contribution in [1.82, 2.24) is 10.3 Å². The molecule has 0 amide bonds. The van der Waals surface area contributed by atoms with Gasteiger partial charge < -0.3 is 10.4 Å². The highest BCUT2D eigenvalue weighted by atomic mass is 32.1. The molecule has 2 atom stereocenters. The van der Waals surface area contributed by atoms with Crippen LogP contribution in [0.1, 0.15) is 57.2 Å². The summed E-state index contributed by atoms with van der Waals surface area (Å²) in [6.45, 7) is 6.88. The van der Waals surface area contributed by atoms with Crippen molar-refractivity contribution < 1.29 is 9.90 Å². The monoisotopic (exact) mass is 298 g/mol. The second-order valence-corrected chi connectivity index (χ2v) is 6.38. The summed E-state index contributed by atoms with van der Waals surface area (Å²) in [6, 6.07) is 0.396. The van der Waals surface area contributed by atoms with Crippen LogP contribution in [-0.2, 0) is 17.8 Å². The average Bonchev–Trinajstić information content (AvgIpc) is 2.84. The van der Waals surface area contributed by atoms with Crippen LogP contribution < -0.4 is 5.32 Å². The number of carboxylic acids is 1. The Morgan fingerprint density at radius 3 is 2.85 bits per heavy atom. The average molecular weight is 298 g/mol. The Labute approximate surface area is 125 Å². The molecule has 20 heavy (non-hydrogen) atoms. The van der Waals surface area contributed by atoms with E-state index in [0.29, 0.717) is 6.04 Å². The van der Waals surface area contributed by atoms with Gasteiger partial charge in [0, 0.05) is 18.0 Å². The summed E-state index contributed by atoms with van der Waals surface area (Å²) >= 11 is 1.73. The van der Waals surface area contributed by atoms with Gasteiger partial charge >= 0.3 is 5.97 Å². The van der Waals surface area contributed by atoms with Crippen LogP contribution in [-0.4, -0.2) is 22.1 Å². The van der Waals surface area contributed by atoms with Gasteiger partial charge in [-0.25, -0.2) is 4.98 Å². The topological polar surface area (TPSA) is 62.2 Å². The molecule has 4 nitrogen and oxygen atoms in total. The highest BCUT2D eigenvalue weighted by molar-refractivity contribution is 7.09. The number of nitrogens with one attached hydrogen (secondary N) is 1. The Balaban J connectivity index is 2.18. The summed E-state index contributed by atoms with van der Waals surface area (Å²) in [5, 5.41) is 15.6. The van der Waals surface area contributed by atoms with Gasteiger partial charge in [-0.15, -0.1) is 11.3 Å². The van der Waals surface area contributed by atoms with E-state index in [0.717, 1.165) is 44.3 Å². The molecule has 0 aliphatic heterocycles. The lowest BCUT2D eigenvalue weighted by molar-refractivity contribution is -0.141. The second-order valence-electron chi connectivity index (χ2n) is 5.43. The van der Waals surface area contributed by atoms with Crippen molar-refractivity contribution in [3.8, 4) is 0 Å². The van der Waals surface area contributed by atoms with E-state index in [-0.39, 0.29) is 5.92 Å². The smallest absolute Gasteiger partial charge is 0.306 e. The number of carbonyl (C=O) groups is 1. The van der Waals surface area contributed by atoms with Crippen molar-refractivity contribution >= 4 is 17.3 Å². The normalized spacial score (nSPS) is 14.2. The molecule has 1 rings (SSSR count). The number of nitrogens with zero attached hydrogens (tertiary/aromatic N) is 1. The number of aliphatic carboxylic acids is 1. The Bertz CT molecular complexity index is 406. The zero-order chi connectivity index (χ0) is 15.0. The van der Waals surface area contributed by atoms with Crippen LogP contribution >= 0.6 is 11.3 Å². The van der Waals surface area contributed by atoms with Crippen LogP contribution in [0.5, 0.6) is 0 Å². The molecular weight excluding hydrogens is 272 g/mol. The fourth-order valence-corrected chi connectivity index (χ4v) is 2.89. The number of thiazole rings is 1. The van der Waals surface area contributed by atoms with Crippen LogP contribution in [0.3, 0.4) is 0 Å². The lowest BCUT2D eigenvalue weighted by Gasteiger charge is -2.13. The van der Waals surface area contributed by atoms with Crippen LogP contribution in [0.2, 0.25) is 0 Å². The highest BCUT2D eigenvalue weighted by Crippen LogP contribution is 2.13. The van der Waals surface area contributed by atoms with Gasteiger partial charge in [0.15, 0.2) is 0 Å². The van der Waals surface area contributed by atoms with Crippen LogP contribution in [0.15, 0.2) is 5.38 Å². The fraction of sp³-hybridized carbons (Fsp3) is 0.733. The number of aromatic nitrogens is 1. The first-order chi connectivity index (χ1) is 9.52. The van der Waals surface area contributed by atoms with Gasteiger partial charge in [0.2, 0.25) is 0 Å². The molecule has 1 aromatic heterocycles. The largest absolute Gasteiger partial charge is 0.481 e. The second kappa shape index (κ2) is 9.08. The molecule has 0 saturated heterocycles. The molecular formula is C15H26N2O2S. The van der Waals surface area contributed by atoms with E-state index in [2.05, 4.69) is 29.5 Å². The lowest BCUT2D eigenvalue weighted by Crippen LogP contribution is -2.25. The van der Waals surface area contributed by atoms with Crippen molar-refractivity contribution in [3.63, 3.8) is 0 Å². The molecule has 0 radical (unpaired) electrons. The van der Waals surface area contributed by atoms with Gasteiger partial charge in [0.25, 0.3) is 0 Å². The Hall–Kier alpha value is -0.940. The summed E-state index contributed by atoms with van der Waals surface area (Å²) in [7, 11) is 0. The Kier molecular flexibility index (Phi) is 7.77. The molecule has 5 heteroatoms. The quantitative estimate of drug-likeness (QED) is 0.694. The van der Waals surface area contributed by atoms with Gasteiger partial charge in [-0.2, -0.15) is 0 Å². The highest BCUT2D eigenvalue weighted by Gasteiger charge is 2.11. The maximum atomic E-state index is 10.7. The molecule has 0 saturated carbocycles. The maximum absolute atomic E-state index is 10.7. The standard InChI is InChI=1S/C15H26N2O2S/c1-4-6-14-17-13(10-20-14)9-16-12(3)8-5-7-11(2)15(18)19/h10-12,16H,4-9H2,1-3H3,(H,18,19). The summed E-state index contributed by atoms with van der Waals surface area (Å²) in [4.78, 5) is 15.3. The minimum atomic E-state index is -0.698. The zero-order valence-electron chi connectivity index (χ0n) is 12.7. The Morgan fingerprint density at radius 1 is 1.45 bits per heavy atom. The third-order valence-corrected chi connectivity index (χ3v) is 4.35. The molecule has 1 heterocycles. The van der Waals surface area contributed by atoms with Crippen LogP contribution in [0.25, 0.3) is 0 Å². The molecule has 1 aromatic rings. The molecule has 2 unspecified atom stereocenters. The third kappa shape index (κ3) is 6.48. The van der Waals surface area contributed by atoms with Crippen molar-refractivity contribution in [2.75, 3.05) is 0 Å². The van der Waals surface area contributed by atoms with Gasteiger partial charge in [-0.1, -0.05) is 20.3 Å². The summed E-state index contributed by atoms with van der Waals surface area (Å²) < 4.78 is 0. The van der Waals surface area contributed by atoms with E-state index in [1.165, 1.54) is 5.01 Å². The number of hydrogen-bond donors (Lipinski definition) is 2. The minimum absolute atomic E-state index is 0.239. The molecule has 0 aromatic carbocycles. The number of rotatable bonds is 10. The van der Waals surface area contributed by atoms with Crippen LogP contribution in [0, 0.1) is 5.92 Å². The SMILES string of the molecule is CCCc1nc(CNC(C)CCCC(C)C(=O)O)cs1. The summed E-state index contributed by atoms with van der Waals surface area (Å²) in [6.07, 6.45) is 4.90. The Morgan fingerprint density at radius 2 is 2.20 bits per heavy atom. The van der Waals surface area contributed by atoms with Crippen LogP contribution in [0.4, 0.5) is 0 Å². The first kappa shape index (κ1) is 17.1. The predicted octanol–water partition coefficient (Wildman–Crippen LogP) is 3.46. The first-order valence-electron chi connectivity index (χ1n) is 7.42. The molecule has 114 valence electrons. The molecule has 0 bridgehead atoms. The van der Waals surface area contributed by atoms with Gasteiger partial charge in [-0.05, 0) is 32.6 Å². The predicted molar refractivity (Wildman–Crippen MR) is 83.1 cm³/mol. The number of hydrogen-bond acceptors (Lipinski definition) is 4. The van der Waals surface area contributed by atoms with Crippen molar-refractivity contribution in [2.45, 2.75) is 65.5 Å². The van der Waals surface area contributed by atoms with Crippen molar-refractivity contribution in [1.29, 1.82) is 0 Å². The van der Waals surface area contributed by atoms with Gasteiger partial charge in [0.1, 0.15) is 0 Å². The molecule has 2 N–H and O–H groups in total. The van der Waals surface area contributed by atoms with Gasteiger partial charge in [-0.3, -0.25) is 4.79 Å². The zero-order valence-corrected chi connectivity index (χ0v) is 13.5. The van der Waals surface area contributed by atoms with Crippen molar-refractivity contribution in [3.05, 3.63) is 16.1 Å². The van der Waals surface area contributed by atoms with E-state index >= 15 is 0 Å². The molecule has 0 fully saturated rings. The van der Waals surface area contributed by atoms with E-state index < -0.39 is 5.97 Å². The first-order valence-corrected chi connectivity index (χ1v) is 8.30. The van der Waals surface area contributed by atoms with E-state index in [1.807, 2.05) is 0 Å². The molecule has 0 aliphatic carbocycles. The third-order valence-electron chi connectivity index (χ3n) is 3.39. The minimum Gasteiger partial charge on any atom is -0.481 e. The van der Waals surface area contributed by atoms with E-state index in [1.54, 1.807) is 18.3 Å². The number of aryl methyl sites for hydroxylation is 1. The van der Waals surface area contributed by atoms with Gasteiger partial charge in [0.05, 0.1) is 16.6 Å².